The average Bonchev–Trinajstić information content (AvgIpc) is 3.83. The largest absolute Gasteiger partial charge is 0.461 e. The van der Waals surface area contributed by atoms with Crippen LogP contribution in [0.15, 0.2) is 75.1 Å². The number of hydrogen-bond donors (Lipinski definition) is 1. The summed E-state index contributed by atoms with van der Waals surface area (Å²) < 4.78 is 40.0. The smallest absolute Gasteiger partial charge is 0.249 e. The first kappa shape index (κ1) is 25.1. The maximum atomic E-state index is 6.26. The van der Waals surface area contributed by atoms with Gasteiger partial charge in [-0.2, -0.15) is 0 Å². The molecule has 2 N–H and O–H groups in total. The lowest BCUT2D eigenvalue weighted by Gasteiger charge is -2.03. The highest BCUT2D eigenvalue weighted by Crippen LogP contribution is 2.36. The molecular formula is C27H18N8O7S. The number of aliphatic imine (C=N–C) groups is 1. The molecule has 0 aliphatic carbocycles. The Bertz CT molecular complexity index is 2100. The van der Waals surface area contributed by atoms with E-state index in [9.17, 15) is 0 Å². The molecule has 0 saturated carbocycles. The first-order chi connectivity index (χ1) is 20.9. The van der Waals surface area contributed by atoms with Gasteiger partial charge in [-0.15, -0.1) is 11.8 Å². The molecule has 6 aromatic heterocycles. The number of thioether (sulfide) groups is 1. The summed E-state index contributed by atoms with van der Waals surface area (Å²) in [6.07, 6.45) is 6.90. The van der Waals surface area contributed by atoms with E-state index in [0.717, 1.165) is 0 Å². The van der Waals surface area contributed by atoms with Crippen molar-refractivity contribution >= 4 is 22.6 Å². The molecule has 2 aliphatic rings. The van der Waals surface area contributed by atoms with Crippen molar-refractivity contribution in [1.82, 2.24) is 29.9 Å². The van der Waals surface area contributed by atoms with Crippen LogP contribution in [0.2, 0.25) is 0 Å². The zero-order valence-corrected chi connectivity index (χ0v) is 23.2. The molecule has 8 heterocycles. The van der Waals surface area contributed by atoms with E-state index in [-0.39, 0.29) is 41.3 Å². The number of ether oxygens (including phenoxy) is 1. The summed E-state index contributed by atoms with van der Waals surface area (Å²) >= 11 is 1.44. The van der Waals surface area contributed by atoms with Gasteiger partial charge in [-0.25, -0.2) is 29.9 Å². The fourth-order valence-electron chi connectivity index (χ4n) is 4.34. The summed E-state index contributed by atoms with van der Waals surface area (Å²) in [6.45, 7) is 7.43. The van der Waals surface area contributed by atoms with Crippen LogP contribution < -0.4 is 5.73 Å². The monoisotopic (exact) mass is 598 g/mol. The van der Waals surface area contributed by atoms with Crippen LogP contribution in [0.3, 0.4) is 0 Å². The van der Waals surface area contributed by atoms with Crippen LogP contribution >= 0.6 is 11.8 Å². The Morgan fingerprint density at radius 1 is 0.721 bits per heavy atom. The predicted octanol–water partition coefficient (Wildman–Crippen LogP) is 5.55. The molecule has 0 amide bonds. The average molecular weight is 599 g/mol. The third-order valence-corrected chi connectivity index (χ3v) is 7.58. The second kappa shape index (κ2) is 9.45. The Kier molecular flexibility index (Phi) is 5.52. The van der Waals surface area contributed by atoms with E-state index < -0.39 is 0 Å². The molecule has 1 unspecified atom stereocenters. The molecule has 2 aliphatic heterocycles. The number of rotatable bonds is 0. The third-order valence-electron chi connectivity index (χ3n) is 6.49. The Balaban J connectivity index is 1.21. The molecule has 0 saturated heterocycles. The van der Waals surface area contributed by atoms with Crippen molar-refractivity contribution in [3.8, 4) is 57.9 Å². The highest BCUT2D eigenvalue weighted by Gasteiger charge is 2.29. The van der Waals surface area contributed by atoms with Gasteiger partial charge in [-0.3, -0.25) is 4.99 Å². The van der Waals surface area contributed by atoms with E-state index in [1.165, 1.54) is 43.1 Å². The second-order valence-electron chi connectivity index (χ2n) is 9.41. The van der Waals surface area contributed by atoms with E-state index in [1.54, 1.807) is 13.8 Å². The molecule has 0 radical (unpaired) electrons. The van der Waals surface area contributed by atoms with Gasteiger partial charge in [0.1, 0.15) is 65.4 Å². The standard InChI is InChI=1S/C27H18N8O7S/c1-10-14-5-37-21(29-14)15-6-38-22(30-15)16-7-39-23(31-16)17-8-40-25(32-17)19-11(2)42-26(35-19)20-12(3)41-24(34-20)18-9-43-27(33-18)13(28)4-36-10/h4-8,18H,1,9,28H2,2-3H3/b13-4-. The highest BCUT2D eigenvalue weighted by atomic mass is 32.2. The van der Waals surface area contributed by atoms with Crippen molar-refractivity contribution in [1.29, 1.82) is 0 Å². The van der Waals surface area contributed by atoms with Crippen molar-refractivity contribution < 1.29 is 31.2 Å². The maximum Gasteiger partial charge on any atom is 0.249 e. The molecule has 6 aromatic rings. The fraction of sp³-hybridized carbons (Fsp3) is 0.148. The van der Waals surface area contributed by atoms with Crippen molar-refractivity contribution in [3.63, 3.8) is 0 Å². The predicted molar refractivity (Wildman–Crippen MR) is 148 cm³/mol. The van der Waals surface area contributed by atoms with Gasteiger partial charge in [0.15, 0.2) is 28.5 Å². The molecule has 0 aromatic carbocycles. The van der Waals surface area contributed by atoms with E-state index in [0.29, 0.717) is 68.1 Å². The van der Waals surface area contributed by atoms with Gasteiger partial charge in [0.25, 0.3) is 0 Å². The maximum absolute atomic E-state index is 6.26. The minimum atomic E-state index is -0.377. The van der Waals surface area contributed by atoms with Gasteiger partial charge in [0.05, 0.1) is 5.70 Å². The zero-order valence-electron chi connectivity index (χ0n) is 22.4. The van der Waals surface area contributed by atoms with Crippen LogP contribution in [0.5, 0.6) is 0 Å². The molecule has 1 atom stereocenters. The lowest BCUT2D eigenvalue weighted by Crippen LogP contribution is -2.06. The zero-order chi connectivity index (χ0) is 29.2. The van der Waals surface area contributed by atoms with Crippen LogP contribution in [0.1, 0.15) is 29.1 Å². The minimum Gasteiger partial charge on any atom is -0.461 e. The van der Waals surface area contributed by atoms with Crippen molar-refractivity contribution in [2.45, 2.75) is 19.9 Å². The second-order valence-corrected chi connectivity index (χ2v) is 10.4. The van der Waals surface area contributed by atoms with Gasteiger partial charge in [-0.05, 0) is 13.8 Å². The fourth-order valence-corrected chi connectivity index (χ4v) is 5.29. The number of nitrogens with zero attached hydrogens (tertiary/aromatic N) is 7. The molecule has 43 heavy (non-hydrogen) atoms. The van der Waals surface area contributed by atoms with Gasteiger partial charge < -0.3 is 37.0 Å². The highest BCUT2D eigenvalue weighted by molar-refractivity contribution is 8.14. The van der Waals surface area contributed by atoms with Crippen LogP contribution in [0, 0.1) is 13.8 Å². The number of fused-ring (bicyclic) bond motifs is 19. The Morgan fingerprint density at radius 2 is 1.28 bits per heavy atom. The van der Waals surface area contributed by atoms with E-state index >= 15 is 0 Å². The molecule has 15 nitrogen and oxygen atoms in total. The Labute approximate surface area is 244 Å². The van der Waals surface area contributed by atoms with Gasteiger partial charge >= 0.3 is 0 Å². The topological polar surface area (TPSA) is 204 Å². The molecule has 0 fully saturated rings. The SMILES string of the molecule is C=C1O/C=C(\N)C2=NC(CS2)c2nc(c(C)o2)-c2nc(c(C)o2)-c2nc(co2)-c2nc(co2)-c2nc(co2)-c2nc1co2. The van der Waals surface area contributed by atoms with Crippen LogP contribution in [0.25, 0.3) is 63.7 Å². The van der Waals surface area contributed by atoms with E-state index in [4.69, 9.17) is 37.0 Å². The lowest BCUT2D eigenvalue weighted by atomic mass is 10.3. The van der Waals surface area contributed by atoms with Gasteiger partial charge in [0, 0.05) is 5.75 Å². The summed E-state index contributed by atoms with van der Waals surface area (Å²) in [5, 5.41) is 0.571. The quantitative estimate of drug-likeness (QED) is 0.227. The number of aromatic nitrogens is 6. The Hall–Kier alpha value is -5.64. The number of nitrogens with two attached hydrogens (primary N) is 1. The normalized spacial score (nSPS) is 17.5. The molecule has 8 rings (SSSR count). The van der Waals surface area contributed by atoms with E-state index in [2.05, 4.69) is 41.5 Å². The summed E-state index contributed by atoms with van der Waals surface area (Å²) in [4.78, 5) is 31.6. The molecule has 0 spiro atoms. The molecule has 214 valence electrons. The minimum absolute atomic E-state index is 0.178. The van der Waals surface area contributed by atoms with Gasteiger partial charge in [0.2, 0.25) is 35.3 Å². The summed E-state index contributed by atoms with van der Waals surface area (Å²) in [5.41, 5.74) is 8.71. The molecule has 16 heteroatoms. The first-order valence-corrected chi connectivity index (χ1v) is 13.7. The summed E-state index contributed by atoms with van der Waals surface area (Å²) in [6, 6.07) is -0.377. The number of oxazole rings is 6. The molecular weight excluding hydrogens is 580 g/mol. The summed E-state index contributed by atoms with van der Waals surface area (Å²) in [7, 11) is 0. The van der Waals surface area contributed by atoms with Crippen LogP contribution in [0.4, 0.5) is 0 Å². The van der Waals surface area contributed by atoms with Crippen LogP contribution in [-0.4, -0.2) is 40.7 Å². The van der Waals surface area contributed by atoms with Crippen molar-refractivity contribution in [2.75, 3.05) is 5.75 Å². The molecule has 14 bridgehead atoms. The van der Waals surface area contributed by atoms with Gasteiger partial charge in [-0.1, -0.05) is 6.58 Å². The van der Waals surface area contributed by atoms with Crippen LogP contribution in [-0.2, 0) is 4.74 Å². The van der Waals surface area contributed by atoms with Crippen molar-refractivity contribution in [2.24, 2.45) is 10.7 Å². The number of aryl methyl sites for hydroxylation is 2. The lowest BCUT2D eigenvalue weighted by molar-refractivity contribution is 0.432. The Morgan fingerprint density at radius 3 is 1.98 bits per heavy atom. The first-order valence-electron chi connectivity index (χ1n) is 12.7. The van der Waals surface area contributed by atoms with E-state index in [1.807, 2.05) is 0 Å². The number of hydrogen-bond acceptors (Lipinski definition) is 16. The third kappa shape index (κ3) is 4.26. The van der Waals surface area contributed by atoms with Crippen molar-refractivity contribution in [3.05, 3.63) is 66.7 Å². The summed E-state index contributed by atoms with van der Waals surface area (Å²) in [5.74, 6) is 3.16.